The number of carboxylic acid groups (broad SMARTS) is 1. The second-order valence-electron chi connectivity index (χ2n) is 6.86. The summed E-state index contributed by atoms with van der Waals surface area (Å²) in [6.07, 6.45) is 5.26. The highest BCUT2D eigenvalue weighted by molar-refractivity contribution is 5.95. The van der Waals surface area contributed by atoms with Crippen molar-refractivity contribution < 1.29 is 23.8 Å². The fourth-order valence-corrected chi connectivity index (χ4v) is 3.37. The second kappa shape index (κ2) is 9.84. The third-order valence-corrected chi connectivity index (χ3v) is 4.81. The highest BCUT2D eigenvalue weighted by atomic mass is 16.5. The molecule has 3 aromatic heterocycles. The van der Waals surface area contributed by atoms with Crippen LogP contribution < -0.4 is 10.9 Å². The predicted octanol–water partition coefficient (Wildman–Crippen LogP) is 1.77. The van der Waals surface area contributed by atoms with E-state index in [1.54, 1.807) is 13.0 Å². The van der Waals surface area contributed by atoms with Gasteiger partial charge in [0.1, 0.15) is 17.0 Å². The van der Waals surface area contributed by atoms with E-state index >= 15 is 0 Å². The summed E-state index contributed by atoms with van der Waals surface area (Å²) in [7, 11) is 0. The molecule has 0 radical (unpaired) electrons. The van der Waals surface area contributed by atoms with E-state index in [9.17, 15) is 9.59 Å². The van der Waals surface area contributed by atoms with Gasteiger partial charge in [-0.15, -0.1) is 0 Å². The van der Waals surface area contributed by atoms with Gasteiger partial charge >= 0.3 is 5.63 Å². The number of fused-ring (bicyclic) bond motifs is 1. The maximum Gasteiger partial charge on any atom is 0.349 e. The van der Waals surface area contributed by atoms with Crippen LogP contribution in [0, 0.1) is 6.92 Å². The highest BCUT2D eigenvalue weighted by Gasteiger charge is 2.24. The number of pyridine rings is 1. The van der Waals surface area contributed by atoms with Crippen LogP contribution in [0.15, 0.2) is 45.9 Å². The molecular weight excluding hydrogens is 390 g/mol. The van der Waals surface area contributed by atoms with E-state index in [4.69, 9.17) is 19.1 Å². The molecule has 0 saturated carbocycles. The van der Waals surface area contributed by atoms with Crippen LogP contribution in [0.2, 0.25) is 0 Å². The molecule has 1 atom stereocenters. The van der Waals surface area contributed by atoms with Crippen molar-refractivity contribution in [2.75, 3.05) is 19.8 Å². The Labute approximate surface area is 172 Å². The number of nitrogens with one attached hydrogen (secondary N) is 1. The molecule has 9 heteroatoms. The van der Waals surface area contributed by atoms with Gasteiger partial charge in [-0.3, -0.25) is 9.59 Å². The van der Waals surface area contributed by atoms with Crippen LogP contribution in [0.5, 0.6) is 0 Å². The van der Waals surface area contributed by atoms with Crippen molar-refractivity contribution in [2.24, 2.45) is 0 Å². The van der Waals surface area contributed by atoms with Crippen molar-refractivity contribution in [2.45, 2.75) is 25.7 Å². The van der Waals surface area contributed by atoms with E-state index < -0.39 is 11.5 Å². The van der Waals surface area contributed by atoms with Crippen molar-refractivity contribution >= 4 is 18.0 Å². The summed E-state index contributed by atoms with van der Waals surface area (Å²) in [6.45, 7) is 3.11. The lowest BCUT2D eigenvalue weighted by molar-refractivity contribution is -0.122. The van der Waals surface area contributed by atoms with Crippen molar-refractivity contribution in [3.8, 4) is 0 Å². The van der Waals surface area contributed by atoms with Crippen LogP contribution in [0.25, 0.3) is 5.65 Å². The molecule has 1 amide bonds. The Bertz CT molecular complexity index is 1050. The van der Waals surface area contributed by atoms with Gasteiger partial charge in [0.15, 0.2) is 0 Å². The van der Waals surface area contributed by atoms with Gasteiger partial charge in [0.2, 0.25) is 0 Å². The largest absolute Gasteiger partial charge is 0.483 e. The molecule has 0 bridgehead atoms. The molecular formula is C21H23N3O6. The minimum absolute atomic E-state index is 0.0627. The van der Waals surface area contributed by atoms with Crippen molar-refractivity contribution in [1.82, 2.24) is 14.7 Å². The lowest BCUT2D eigenvalue weighted by atomic mass is 10.0. The van der Waals surface area contributed by atoms with Crippen molar-refractivity contribution in [3.05, 3.63) is 69.7 Å². The van der Waals surface area contributed by atoms with Crippen molar-refractivity contribution in [3.63, 3.8) is 0 Å². The third kappa shape index (κ3) is 4.93. The lowest BCUT2D eigenvalue weighted by Gasteiger charge is -2.10. The predicted molar refractivity (Wildman–Crippen MR) is 108 cm³/mol. The van der Waals surface area contributed by atoms with E-state index in [0.717, 1.165) is 17.8 Å². The average Bonchev–Trinajstić information content (AvgIpc) is 3.37. The molecule has 3 aromatic rings. The first-order valence-corrected chi connectivity index (χ1v) is 9.54. The summed E-state index contributed by atoms with van der Waals surface area (Å²) in [4.78, 5) is 37.6. The first-order chi connectivity index (χ1) is 14.5. The summed E-state index contributed by atoms with van der Waals surface area (Å²) < 4.78 is 12.7. The molecule has 1 aliphatic rings. The molecule has 0 spiro atoms. The quantitative estimate of drug-likeness (QED) is 0.611. The summed E-state index contributed by atoms with van der Waals surface area (Å²) in [6, 6.07) is 7.56. The first-order valence-electron chi connectivity index (χ1n) is 9.54. The Hall–Kier alpha value is -3.46. The van der Waals surface area contributed by atoms with Crippen LogP contribution in [0.4, 0.5) is 0 Å². The number of aryl methyl sites for hydroxylation is 1. The number of imidazole rings is 1. The number of hydrogen-bond acceptors (Lipinski definition) is 6. The van der Waals surface area contributed by atoms with E-state index in [1.807, 2.05) is 35.0 Å². The van der Waals surface area contributed by atoms with E-state index in [2.05, 4.69) is 10.3 Å². The number of amides is 1. The first kappa shape index (κ1) is 21.3. The molecule has 0 aromatic carbocycles. The molecule has 4 heterocycles. The van der Waals surface area contributed by atoms with Crippen molar-refractivity contribution in [1.29, 1.82) is 0 Å². The third-order valence-electron chi connectivity index (χ3n) is 4.81. The topological polar surface area (TPSA) is 123 Å². The maximum atomic E-state index is 12.5. The standard InChI is InChI=1S/C20H21N3O4.CH2O2/c1-13-10-16(14-6-9-26-12-14)27-20(25)18(13)19(24)21-7-5-15-11-23-8-3-2-4-17(23)22-15;2-1-3/h2-4,8,10-11,14H,5-7,9,12H2,1H3,(H,21,24);1H,(H,2,3). The zero-order valence-corrected chi connectivity index (χ0v) is 16.5. The normalized spacial score (nSPS) is 15.4. The average molecular weight is 413 g/mol. The number of aromatic nitrogens is 2. The number of nitrogens with zero attached hydrogens (tertiary/aromatic N) is 2. The summed E-state index contributed by atoms with van der Waals surface area (Å²) in [5, 5.41) is 9.68. The second-order valence-corrected chi connectivity index (χ2v) is 6.86. The summed E-state index contributed by atoms with van der Waals surface area (Å²) >= 11 is 0. The van der Waals surface area contributed by atoms with Gasteiger partial charge in [-0.05, 0) is 37.1 Å². The molecule has 4 rings (SSSR count). The molecule has 30 heavy (non-hydrogen) atoms. The molecule has 9 nitrogen and oxygen atoms in total. The van der Waals surface area contributed by atoms with Gasteiger partial charge in [-0.1, -0.05) is 6.07 Å². The Kier molecular flexibility index (Phi) is 6.97. The van der Waals surface area contributed by atoms with Gasteiger partial charge in [-0.2, -0.15) is 0 Å². The Morgan fingerprint density at radius 3 is 2.90 bits per heavy atom. The van der Waals surface area contributed by atoms with Gasteiger partial charge in [0.25, 0.3) is 12.4 Å². The number of rotatable bonds is 5. The smallest absolute Gasteiger partial charge is 0.349 e. The van der Waals surface area contributed by atoms with E-state index in [1.165, 1.54) is 0 Å². The molecule has 1 saturated heterocycles. The van der Waals surface area contributed by atoms with Crippen LogP contribution in [0.3, 0.4) is 0 Å². The number of carbonyl (C=O) groups excluding carboxylic acids is 1. The fourth-order valence-electron chi connectivity index (χ4n) is 3.37. The number of hydrogen-bond donors (Lipinski definition) is 2. The summed E-state index contributed by atoms with van der Waals surface area (Å²) in [5.74, 6) is 0.263. The molecule has 1 aliphatic heterocycles. The molecule has 1 unspecified atom stereocenters. The molecule has 2 N–H and O–H groups in total. The van der Waals surface area contributed by atoms with Gasteiger partial charge in [-0.25, -0.2) is 9.78 Å². The van der Waals surface area contributed by atoms with Crippen LogP contribution in [-0.2, 0) is 16.0 Å². The summed E-state index contributed by atoms with van der Waals surface area (Å²) in [5.41, 5.74) is 1.83. The number of ether oxygens (including phenoxy) is 1. The number of carbonyl (C=O) groups is 2. The Morgan fingerprint density at radius 1 is 1.43 bits per heavy atom. The lowest BCUT2D eigenvalue weighted by Crippen LogP contribution is -2.31. The Balaban J connectivity index is 0.000000806. The molecule has 1 fully saturated rings. The van der Waals surface area contributed by atoms with Gasteiger partial charge in [0.05, 0.1) is 12.3 Å². The van der Waals surface area contributed by atoms with Gasteiger partial charge in [0, 0.05) is 37.9 Å². The zero-order valence-electron chi connectivity index (χ0n) is 16.5. The minimum Gasteiger partial charge on any atom is -0.483 e. The van der Waals surface area contributed by atoms with Crippen LogP contribution >= 0.6 is 0 Å². The molecule has 0 aliphatic carbocycles. The minimum atomic E-state index is -0.595. The Morgan fingerprint density at radius 2 is 2.23 bits per heavy atom. The van der Waals surface area contributed by atoms with Crippen LogP contribution in [-0.4, -0.2) is 46.6 Å². The van der Waals surface area contributed by atoms with E-state index in [-0.39, 0.29) is 18.0 Å². The SMILES string of the molecule is Cc1cc(C2CCOC2)oc(=O)c1C(=O)NCCc1cn2ccccc2n1.O=CO. The van der Waals surface area contributed by atoms with Crippen LogP contribution in [0.1, 0.15) is 39.7 Å². The fraction of sp³-hybridized carbons (Fsp3) is 0.333. The highest BCUT2D eigenvalue weighted by Crippen LogP contribution is 2.25. The van der Waals surface area contributed by atoms with Gasteiger partial charge < -0.3 is 24.0 Å². The van der Waals surface area contributed by atoms with E-state index in [0.29, 0.717) is 37.5 Å². The maximum absolute atomic E-state index is 12.5. The monoisotopic (exact) mass is 413 g/mol. The molecule has 158 valence electrons. The zero-order chi connectivity index (χ0) is 21.5.